The van der Waals surface area contributed by atoms with Crippen molar-refractivity contribution in [2.75, 3.05) is 13.1 Å². The topological polar surface area (TPSA) is 64.5 Å². The summed E-state index contributed by atoms with van der Waals surface area (Å²) in [6.45, 7) is 4.88. The Balaban J connectivity index is 1.57. The summed E-state index contributed by atoms with van der Waals surface area (Å²) < 4.78 is 11.7. The number of hydrogen-bond donors (Lipinski definition) is 0. The van der Waals surface area contributed by atoms with Gasteiger partial charge in [-0.3, -0.25) is 4.79 Å². The number of rotatable bonds is 5. The van der Waals surface area contributed by atoms with Gasteiger partial charge >= 0.3 is 0 Å². The summed E-state index contributed by atoms with van der Waals surface area (Å²) in [7, 11) is 0. The Morgan fingerprint density at radius 2 is 2.08 bits per heavy atom. The van der Waals surface area contributed by atoms with Crippen LogP contribution < -0.4 is 9.47 Å². The van der Waals surface area contributed by atoms with Crippen LogP contribution in [0.3, 0.4) is 0 Å². The van der Waals surface area contributed by atoms with Crippen molar-refractivity contribution in [2.24, 2.45) is 0 Å². The van der Waals surface area contributed by atoms with E-state index in [4.69, 9.17) is 9.47 Å². The minimum absolute atomic E-state index is 0.0176. The molecule has 1 saturated heterocycles. The van der Waals surface area contributed by atoms with Crippen LogP contribution in [0.1, 0.15) is 25.6 Å². The second-order valence-electron chi connectivity index (χ2n) is 6.18. The number of aromatic nitrogens is 2. The van der Waals surface area contributed by atoms with Crippen molar-refractivity contribution in [2.45, 2.75) is 38.9 Å². The first kappa shape index (κ1) is 17.2. The highest BCUT2D eigenvalue weighted by Gasteiger charge is 2.29. The van der Waals surface area contributed by atoms with Gasteiger partial charge in [0.15, 0.2) is 6.10 Å². The molecule has 2 atom stereocenters. The molecule has 1 aliphatic heterocycles. The first-order valence-electron chi connectivity index (χ1n) is 8.58. The number of carbonyl (C=O) groups excluding carboxylic acids is 1. The van der Waals surface area contributed by atoms with Gasteiger partial charge in [0, 0.05) is 18.8 Å². The highest BCUT2D eigenvalue weighted by Crippen LogP contribution is 2.19. The van der Waals surface area contributed by atoms with Crippen molar-refractivity contribution in [1.82, 2.24) is 14.9 Å². The van der Waals surface area contributed by atoms with Gasteiger partial charge in [-0.1, -0.05) is 18.2 Å². The number of nitrogens with zero attached hydrogens (tertiary/aromatic N) is 3. The molecule has 1 fully saturated rings. The van der Waals surface area contributed by atoms with Crippen molar-refractivity contribution in [1.29, 1.82) is 0 Å². The number of likely N-dealkylation sites (tertiary alicyclic amines) is 1. The maximum Gasteiger partial charge on any atom is 0.263 e. The first-order valence-corrected chi connectivity index (χ1v) is 8.58. The lowest BCUT2D eigenvalue weighted by molar-refractivity contribution is -0.140. The van der Waals surface area contributed by atoms with E-state index in [1.165, 1.54) is 0 Å². The number of para-hydroxylation sites is 1. The molecule has 2 unspecified atom stereocenters. The van der Waals surface area contributed by atoms with Gasteiger partial charge in [0.05, 0.1) is 6.54 Å². The van der Waals surface area contributed by atoms with Crippen molar-refractivity contribution in [3.05, 3.63) is 48.4 Å². The zero-order valence-corrected chi connectivity index (χ0v) is 14.6. The fourth-order valence-corrected chi connectivity index (χ4v) is 2.92. The number of benzene rings is 1. The van der Waals surface area contributed by atoms with E-state index in [2.05, 4.69) is 9.97 Å². The lowest BCUT2D eigenvalue weighted by Gasteiger charge is -2.34. The van der Waals surface area contributed by atoms with Gasteiger partial charge in [0.1, 0.15) is 17.7 Å². The average molecular weight is 341 g/mol. The number of amides is 1. The van der Waals surface area contributed by atoms with Crippen LogP contribution in [0.2, 0.25) is 0 Å². The Hall–Kier alpha value is -2.63. The minimum atomic E-state index is -0.526. The van der Waals surface area contributed by atoms with Gasteiger partial charge in [0.2, 0.25) is 5.88 Å². The lowest BCUT2D eigenvalue weighted by atomic mass is 10.1. The molecule has 2 heterocycles. The van der Waals surface area contributed by atoms with E-state index in [0.29, 0.717) is 24.0 Å². The maximum atomic E-state index is 12.7. The molecule has 0 aliphatic carbocycles. The van der Waals surface area contributed by atoms with Crippen molar-refractivity contribution >= 4 is 5.91 Å². The molecule has 0 N–H and O–H groups in total. The quantitative estimate of drug-likeness (QED) is 0.836. The van der Waals surface area contributed by atoms with E-state index >= 15 is 0 Å². The Morgan fingerprint density at radius 1 is 1.28 bits per heavy atom. The Labute approximate surface area is 147 Å². The van der Waals surface area contributed by atoms with Crippen LogP contribution in [0.15, 0.2) is 42.6 Å². The molecule has 6 heteroatoms. The third-order valence-electron chi connectivity index (χ3n) is 4.13. The highest BCUT2D eigenvalue weighted by atomic mass is 16.5. The van der Waals surface area contributed by atoms with Gasteiger partial charge < -0.3 is 14.4 Å². The zero-order valence-electron chi connectivity index (χ0n) is 14.6. The van der Waals surface area contributed by atoms with E-state index in [0.717, 1.165) is 19.4 Å². The smallest absolute Gasteiger partial charge is 0.263 e. The van der Waals surface area contributed by atoms with Crippen molar-refractivity contribution in [3.63, 3.8) is 0 Å². The Kier molecular flexibility index (Phi) is 5.48. The average Bonchev–Trinajstić information content (AvgIpc) is 2.62. The summed E-state index contributed by atoms with van der Waals surface area (Å²) in [6.07, 6.45) is 2.90. The zero-order chi connectivity index (χ0) is 17.6. The maximum absolute atomic E-state index is 12.7. The number of hydrogen-bond acceptors (Lipinski definition) is 5. The third-order valence-corrected chi connectivity index (χ3v) is 4.13. The fraction of sp³-hybridized carbons (Fsp3) is 0.421. The first-order chi connectivity index (χ1) is 12.1. The van der Waals surface area contributed by atoms with Gasteiger partial charge in [-0.05, 0) is 38.8 Å². The van der Waals surface area contributed by atoms with E-state index < -0.39 is 6.10 Å². The molecule has 0 radical (unpaired) electrons. The second-order valence-corrected chi connectivity index (χ2v) is 6.18. The molecule has 1 aromatic carbocycles. The van der Waals surface area contributed by atoms with Crippen LogP contribution in [0.4, 0.5) is 0 Å². The number of aryl methyl sites for hydroxylation is 1. The third kappa shape index (κ3) is 4.68. The molecule has 132 valence electrons. The summed E-state index contributed by atoms with van der Waals surface area (Å²) in [4.78, 5) is 22.8. The van der Waals surface area contributed by atoms with Gasteiger partial charge in [-0.2, -0.15) is 4.98 Å². The predicted octanol–water partition coefficient (Wildman–Crippen LogP) is 2.62. The van der Waals surface area contributed by atoms with Crippen LogP contribution in [-0.4, -0.2) is 46.1 Å². The summed E-state index contributed by atoms with van der Waals surface area (Å²) in [5, 5.41) is 0. The molecule has 25 heavy (non-hydrogen) atoms. The van der Waals surface area contributed by atoms with Crippen LogP contribution in [-0.2, 0) is 4.79 Å². The molecule has 2 aromatic rings. The van der Waals surface area contributed by atoms with Gasteiger partial charge in [0.25, 0.3) is 5.91 Å². The SMILES string of the molecule is Cc1nccc(OC2CCCN(C(=O)C(C)Oc3ccccc3)C2)n1. The fourth-order valence-electron chi connectivity index (χ4n) is 2.92. The van der Waals surface area contributed by atoms with Crippen LogP contribution in [0, 0.1) is 6.92 Å². The molecule has 0 saturated carbocycles. The standard InChI is InChI=1S/C19H23N3O3/c1-14(24-16-7-4-3-5-8-16)19(23)22-12-6-9-17(13-22)25-18-10-11-20-15(2)21-18/h3-5,7-8,10-11,14,17H,6,9,12-13H2,1-2H3. The van der Waals surface area contributed by atoms with Crippen molar-refractivity contribution < 1.29 is 14.3 Å². The number of piperidine rings is 1. The Morgan fingerprint density at radius 3 is 2.84 bits per heavy atom. The molecule has 3 rings (SSSR count). The largest absolute Gasteiger partial charge is 0.481 e. The van der Waals surface area contributed by atoms with Crippen LogP contribution in [0.5, 0.6) is 11.6 Å². The molecule has 0 bridgehead atoms. The highest BCUT2D eigenvalue weighted by molar-refractivity contribution is 5.81. The monoisotopic (exact) mass is 341 g/mol. The summed E-state index contributed by atoms with van der Waals surface area (Å²) >= 11 is 0. The minimum Gasteiger partial charge on any atom is -0.481 e. The van der Waals surface area contributed by atoms with E-state index in [9.17, 15) is 4.79 Å². The normalized spacial score (nSPS) is 18.5. The molecule has 0 spiro atoms. The van der Waals surface area contributed by atoms with E-state index in [1.54, 1.807) is 19.2 Å². The summed E-state index contributed by atoms with van der Waals surface area (Å²) in [5.41, 5.74) is 0. The van der Waals surface area contributed by atoms with E-state index in [-0.39, 0.29) is 12.0 Å². The van der Waals surface area contributed by atoms with E-state index in [1.807, 2.05) is 42.2 Å². The van der Waals surface area contributed by atoms with Gasteiger partial charge in [-0.25, -0.2) is 4.98 Å². The molecular formula is C19H23N3O3. The van der Waals surface area contributed by atoms with Gasteiger partial charge in [-0.15, -0.1) is 0 Å². The van der Waals surface area contributed by atoms with Crippen molar-refractivity contribution in [3.8, 4) is 11.6 Å². The molecule has 1 amide bonds. The summed E-state index contributed by atoms with van der Waals surface area (Å²) in [5.74, 6) is 1.91. The molecular weight excluding hydrogens is 318 g/mol. The molecule has 1 aromatic heterocycles. The molecule has 6 nitrogen and oxygen atoms in total. The Bertz CT molecular complexity index is 708. The lowest BCUT2D eigenvalue weighted by Crippen LogP contribution is -2.48. The van der Waals surface area contributed by atoms with Crippen LogP contribution in [0.25, 0.3) is 0 Å². The number of carbonyl (C=O) groups is 1. The molecule has 1 aliphatic rings. The summed E-state index contributed by atoms with van der Waals surface area (Å²) in [6, 6.07) is 11.1. The second kappa shape index (κ2) is 7.96. The predicted molar refractivity (Wildman–Crippen MR) is 93.5 cm³/mol. The van der Waals surface area contributed by atoms with Crippen LogP contribution >= 0.6 is 0 Å². The number of ether oxygens (including phenoxy) is 2.